The summed E-state index contributed by atoms with van der Waals surface area (Å²) >= 11 is 0. The van der Waals surface area contributed by atoms with Gasteiger partial charge in [0.2, 0.25) is 5.91 Å². The van der Waals surface area contributed by atoms with E-state index in [0.717, 1.165) is 19.3 Å². The van der Waals surface area contributed by atoms with E-state index in [1.165, 1.54) is 6.20 Å². The summed E-state index contributed by atoms with van der Waals surface area (Å²) in [7, 11) is 1.79. The van der Waals surface area contributed by atoms with Crippen LogP contribution in [0.25, 0.3) is 0 Å². The van der Waals surface area contributed by atoms with Gasteiger partial charge in [-0.2, -0.15) is 5.10 Å². The van der Waals surface area contributed by atoms with Gasteiger partial charge in [0.05, 0.1) is 11.8 Å². The maximum atomic E-state index is 12.4. The maximum absolute atomic E-state index is 12.4. The number of H-pyrrole nitrogens is 1. The average Bonchev–Trinajstić information content (AvgIpc) is 2.93. The van der Waals surface area contributed by atoms with Gasteiger partial charge in [-0.1, -0.05) is 19.8 Å². The van der Waals surface area contributed by atoms with Gasteiger partial charge in [0.15, 0.2) is 0 Å². The van der Waals surface area contributed by atoms with Crippen LogP contribution in [-0.4, -0.2) is 58.0 Å². The molecule has 1 N–H and O–H groups in total. The second-order valence-electron chi connectivity index (χ2n) is 4.90. The van der Waals surface area contributed by atoms with Crippen molar-refractivity contribution in [1.82, 2.24) is 20.0 Å². The second kappa shape index (κ2) is 5.86. The molecule has 0 saturated carbocycles. The van der Waals surface area contributed by atoms with Crippen LogP contribution in [0.5, 0.6) is 0 Å². The highest BCUT2D eigenvalue weighted by molar-refractivity contribution is 5.97. The van der Waals surface area contributed by atoms with Crippen LogP contribution in [0.15, 0.2) is 12.4 Å². The highest BCUT2D eigenvalue weighted by atomic mass is 16.2. The van der Waals surface area contributed by atoms with Crippen molar-refractivity contribution in [3.63, 3.8) is 0 Å². The SMILES string of the molecule is CCCC[C@H]1C(=O)N(C)CCN1C(=O)c1cn[nH]c1. The molecule has 19 heavy (non-hydrogen) atoms. The van der Waals surface area contributed by atoms with Crippen molar-refractivity contribution in [2.24, 2.45) is 0 Å². The normalized spacial score (nSPS) is 19.9. The molecule has 1 aromatic heterocycles. The predicted molar refractivity (Wildman–Crippen MR) is 70.6 cm³/mol. The molecule has 2 amide bonds. The third-order valence-corrected chi connectivity index (χ3v) is 3.55. The first-order chi connectivity index (χ1) is 9.15. The van der Waals surface area contributed by atoms with Gasteiger partial charge >= 0.3 is 0 Å². The lowest BCUT2D eigenvalue weighted by Crippen LogP contribution is -2.57. The van der Waals surface area contributed by atoms with E-state index in [-0.39, 0.29) is 17.9 Å². The van der Waals surface area contributed by atoms with Gasteiger partial charge < -0.3 is 9.80 Å². The largest absolute Gasteiger partial charge is 0.342 e. The number of rotatable bonds is 4. The molecule has 1 atom stereocenters. The molecule has 6 nitrogen and oxygen atoms in total. The number of aromatic amines is 1. The lowest BCUT2D eigenvalue weighted by molar-refractivity contribution is -0.138. The van der Waals surface area contributed by atoms with E-state index in [4.69, 9.17) is 0 Å². The van der Waals surface area contributed by atoms with Crippen molar-refractivity contribution in [2.75, 3.05) is 20.1 Å². The quantitative estimate of drug-likeness (QED) is 0.877. The number of likely N-dealkylation sites (N-methyl/N-ethyl adjacent to an activating group) is 1. The maximum Gasteiger partial charge on any atom is 0.257 e. The minimum atomic E-state index is -0.332. The molecule has 1 fully saturated rings. The van der Waals surface area contributed by atoms with E-state index in [1.807, 2.05) is 0 Å². The molecule has 1 aliphatic heterocycles. The van der Waals surface area contributed by atoms with E-state index in [1.54, 1.807) is 23.0 Å². The molecular formula is C13H20N4O2. The van der Waals surface area contributed by atoms with E-state index >= 15 is 0 Å². The molecule has 6 heteroatoms. The number of hydrogen-bond donors (Lipinski definition) is 1. The van der Waals surface area contributed by atoms with Crippen molar-refractivity contribution < 1.29 is 9.59 Å². The Balaban J connectivity index is 2.16. The first kappa shape index (κ1) is 13.6. The molecule has 0 spiro atoms. The Bertz CT molecular complexity index is 444. The van der Waals surface area contributed by atoms with Gasteiger partial charge in [-0.15, -0.1) is 0 Å². The summed E-state index contributed by atoms with van der Waals surface area (Å²) in [4.78, 5) is 28.0. The molecular weight excluding hydrogens is 244 g/mol. The van der Waals surface area contributed by atoms with Crippen LogP contribution in [0.1, 0.15) is 36.5 Å². The van der Waals surface area contributed by atoms with Crippen molar-refractivity contribution in [1.29, 1.82) is 0 Å². The van der Waals surface area contributed by atoms with Crippen LogP contribution in [0.2, 0.25) is 0 Å². The summed E-state index contributed by atoms with van der Waals surface area (Å²) in [6, 6.07) is -0.332. The van der Waals surface area contributed by atoms with Crippen LogP contribution in [-0.2, 0) is 4.79 Å². The molecule has 1 aliphatic rings. The Morgan fingerprint density at radius 1 is 1.53 bits per heavy atom. The molecule has 0 radical (unpaired) electrons. The van der Waals surface area contributed by atoms with Crippen LogP contribution < -0.4 is 0 Å². The molecule has 2 rings (SSSR count). The third-order valence-electron chi connectivity index (χ3n) is 3.55. The van der Waals surface area contributed by atoms with Crippen LogP contribution in [0.4, 0.5) is 0 Å². The van der Waals surface area contributed by atoms with E-state index in [0.29, 0.717) is 18.7 Å². The highest BCUT2D eigenvalue weighted by Crippen LogP contribution is 2.18. The first-order valence-electron chi connectivity index (χ1n) is 6.70. The smallest absolute Gasteiger partial charge is 0.257 e. The summed E-state index contributed by atoms with van der Waals surface area (Å²) < 4.78 is 0. The third kappa shape index (κ3) is 2.77. The Labute approximate surface area is 112 Å². The van der Waals surface area contributed by atoms with Gasteiger partial charge in [-0.05, 0) is 6.42 Å². The summed E-state index contributed by atoms with van der Waals surface area (Å²) in [6.07, 6.45) is 5.76. The number of carbonyl (C=O) groups excluding carboxylic acids is 2. The number of aromatic nitrogens is 2. The minimum absolute atomic E-state index is 0.0385. The lowest BCUT2D eigenvalue weighted by atomic mass is 10.0. The van der Waals surface area contributed by atoms with Crippen molar-refractivity contribution in [2.45, 2.75) is 32.2 Å². The Morgan fingerprint density at radius 2 is 2.32 bits per heavy atom. The van der Waals surface area contributed by atoms with Crippen molar-refractivity contribution in [3.05, 3.63) is 18.0 Å². The average molecular weight is 264 g/mol. The van der Waals surface area contributed by atoms with Crippen molar-refractivity contribution in [3.8, 4) is 0 Å². The van der Waals surface area contributed by atoms with Crippen LogP contribution >= 0.6 is 0 Å². The fraction of sp³-hybridized carbons (Fsp3) is 0.615. The summed E-state index contributed by atoms with van der Waals surface area (Å²) in [5.74, 6) is -0.0761. The molecule has 0 aromatic carbocycles. The molecule has 0 bridgehead atoms. The fourth-order valence-electron chi connectivity index (χ4n) is 2.37. The zero-order chi connectivity index (χ0) is 13.8. The second-order valence-corrected chi connectivity index (χ2v) is 4.90. The molecule has 1 saturated heterocycles. The Morgan fingerprint density at radius 3 is 2.95 bits per heavy atom. The summed E-state index contributed by atoms with van der Waals surface area (Å²) in [5, 5.41) is 6.43. The number of amides is 2. The number of hydrogen-bond acceptors (Lipinski definition) is 3. The Kier molecular flexibility index (Phi) is 4.19. The molecule has 1 aromatic rings. The Hall–Kier alpha value is -1.85. The molecule has 0 unspecified atom stereocenters. The number of nitrogens with zero attached hydrogens (tertiary/aromatic N) is 3. The molecule has 0 aliphatic carbocycles. The van der Waals surface area contributed by atoms with Gasteiger partial charge in [0.1, 0.15) is 6.04 Å². The number of piperazine rings is 1. The summed E-state index contributed by atoms with van der Waals surface area (Å²) in [5.41, 5.74) is 0.513. The van der Waals surface area contributed by atoms with Crippen LogP contribution in [0, 0.1) is 0 Å². The number of unbranched alkanes of at least 4 members (excludes halogenated alkanes) is 1. The lowest BCUT2D eigenvalue weighted by Gasteiger charge is -2.39. The zero-order valence-electron chi connectivity index (χ0n) is 11.4. The van der Waals surface area contributed by atoms with Gasteiger partial charge in [0, 0.05) is 26.3 Å². The van der Waals surface area contributed by atoms with Crippen LogP contribution in [0.3, 0.4) is 0 Å². The molecule has 2 heterocycles. The number of carbonyl (C=O) groups is 2. The first-order valence-corrected chi connectivity index (χ1v) is 6.70. The minimum Gasteiger partial charge on any atom is -0.342 e. The monoisotopic (exact) mass is 264 g/mol. The number of nitrogens with one attached hydrogen (secondary N) is 1. The van der Waals surface area contributed by atoms with E-state index < -0.39 is 0 Å². The van der Waals surface area contributed by atoms with Gasteiger partial charge in [-0.25, -0.2) is 0 Å². The van der Waals surface area contributed by atoms with E-state index in [2.05, 4.69) is 17.1 Å². The fourth-order valence-corrected chi connectivity index (χ4v) is 2.37. The van der Waals surface area contributed by atoms with Gasteiger partial charge in [-0.3, -0.25) is 14.7 Å². The van der Waals surface area contributed by atoms with Gasteiger partial charge in [0.25, 0.3) is 5.91 Å². The topological polar surface area (TPSA) is 69.3 Å². The zero-order valence-corrected chi connectivity index (χ0v) is 11.4. The van der Waals surface area contributed by atoms with E-state index in [9.17, 15) is 9.59 Å². The standard InChI is InChI=1S/C13H20N4O2/c1-3-4-5-11-13(19)16(2)6-7-17(11)12(18)10-8-14-15-9-10/h8-9,11H,3-7H2,1-2H3,(H,14,15)/t11-/m0/s1. The molecule has 104 valence electrons. The predicted octanol–water partition coefficient (Wildman–Crippen LogP) is 0.883. The summed E-state index contributed by atoms with van der Waals surface area (Å²) in [6.45, 7) is 3.25. The highest BCUT2D eigenvalue weighted by Gasteiger charge is 2.35. The van der Waals surface area contributed by atoms with Crippen molar-refractivity contribution >= 4 is 11.8 Å².